The fourth-order valence-electron chi connectivity index (χ4n) is 1.31. The number of nitrogens with zero attached hydrogens (tertiary/aromatic N) is 1. The first-order chi connectivity index (χ1) is 7.85. The van der Waals surface area contributed by atoms with Crippen molar-refractivity contribution in [2.45, 2.75) is 0 Å². The Labute approximate surface area is 101 Å². The average Bonchev–Trinajstić information content (AvgIpc) is 2.57. The van der Waals surface area contributed by atoms with Gasteiger partial charge < -0.3 is 5.11 Å². The van der Waals surface area contributed by atoms with E-state index >= 15 is 0 Å². The highest BCUT2D eigenvalue weighted by Gasteiger charge is 2.10. The van der Waals surface area contributed by atoms with E-state index in [-0.39, 0.29) is 4.88 Å². The molecule has 2 aromatic heterocycles. The highest BCUT2D eigenvalue weighted by atomic mass is 32.2. The van der Waals surface area contributed by atoms with Crippen molar-refractivity contribution in [2.75, 3.05) is 11.0 Å². The van der Waals surface area contributed by atoms with Crippen LogP contribution in [-0.4, -0.2) is 30.7 Å². The molecule has 17 heavy (non-hydrogen) atoms. The lowest BCUT2D eigenvalue weighted by molar-refractivity contribution is 0.0702. The summed E-state index contributed by atoms with van der Waals surface area (Å²) in [5.74, 6) is -1.02. The van der Waals surface area contributed by atoms with E-state index in [1.165, 1.54) is 12.3 Å². The minimum atomic E-state index is -3.36. The van der Waals surface area contributed by atoms with Gasteiger partial charge >= 0.3 is 5.97 Å². The largest absolute Gasteiger partial charge is 0.477 e. The maximum atomic E-state index is 11.0. The van der Waals surface area contributed by atoms with E-state index in [1.54, 1.807) is 6.07 Å². The summed E-state index contributed by atoms with van der Waals surface area (Å²) in [6.45, 7) is 0. The Kier molecular flexibility index (Phi) is 2.76. The van der Waals surface area contributed by atoms with Crippen LogP contribution in [0.5, 0.6) is 0 Å². The number of aromatic carboxylic acids is 1. The summed E-state index contributed by atoms with van der Waals surface area (Å²) >= 11 is 1.04. The van der Waals surface area contributed by atoms with Gasteiger partial charge in [-0.2, -0.15) is 0 Å². The Morgan fingerprint density at radius 2 is 2.18 bits per heavy atom. The third-order valence-corrected chi connectivity index (χ3v) is 3.54. The van der Waals surface area contributed by atoms with Crippen molar-refractivity contribution >= 4 is 43.2 Å². The van der Waals surface area contributed by atoms with Crippen LogP contribution in [0.1, 0.15) is 9.67 Å². The van der Waals surface area contributed by atoms with Crippen LogP contribution in [0.2, 0.25) is 0 Å². The molecule has 0 aliphatic heterocycles. The van der Waals surface area contributed by atoms with Gasteiger partial charge in [-0.1, -0.05) is 0 Å². The van der Waals surface area contributed by atoms with Crippen LogP contribution >= 0.6 is 11.3 Å². The summed E-state index contributed by atoms with van der Waals surface area (Å²) in [6, 6.07) is 3.01. The van der Waals surface area contributed by atoms with E-state index in [9.17, 15) is 13.2 Å². The van der Waals surface area contributed by atoms with Crippen LogP contribution in [0.25, 0.3) is 10.2 Å². The lowest BCUT2D eigenvalue weighted by Gasteiger charge is -2.02. The monoisotopic (exact) mass is 272 g/mol. The fraction of sp³-hybridized carbons (Fsp3) is 0.111. The SMILES string of the molecule is CS(=O)(=O)Nc1cnc2sc(C(=O)O)cc2c1. The van der Waals surface area contributed by atoms with Gasteiger partial charge in [0.2, 0.25) is 10.0 Å². The first kappa shape index (κ1) is 11.8. The van der Waals surface area contributed by atoms with E-state index in [0.29, 0.717) is 15.9 Å². The summed E-state index contributed by atoms with van der Waals surface area (Å²) in [5, 5.41) is 9.41. The summed E-state index contributed by atoms with van der Waals surface area (Å²) in [4.78, 5) is 15.5. The zero-order valence-corrected chi connectivity index (χ0v) is 10.3. The highest BCUT2D eigenvalue weighted by molar-refractivity contribution is 7.92. The molecule has 90 valence electrons. The second-order valence-electron chi connectivity index (χ2n) is 3.41. The number of anilines is 1. The van der Waals surface area contributed by atoms with E-state index in [1.807, 2.05) is 0 Å². The average molecular weight is 272 g/mol. The van der Waals surface area contributed by atoms with E-state index in [4.69, 9.17) is 5.11 Å². The van der Waals surface area contributed by atoms with E-state index < -0.39 is 16.0 Å². The number of rotatable bonds is 3. The van der Waals surface area contributed by atoms with Crippen LogP contribution in [0, 0.1) is 0 Å². The van der Waals surface area contributed by atoms with Gasteiger partial charge in [0.25, 0.3) is 0 Å². The third-order valence-electron chi connectivity index (χ3n) is 1.89. The minimum absolute atomic E-state index is 0.170. The van der Waals surface area contributed by atoms with Crippen molar-refractivity contribution in [1.82, 2.24) is 4.98 Å². The molecule has 0 saturated heterocycles. The van der Waals surface area contributed by atoms with E-state index in [2.05, 4.69) is 9.71 Å². The first-order valence-corrected chi connectivity index (χ1v) is 7.16. The lowest BCUT2D eigenvalue weighted by Crippen LogP contribution is -2.09. The molecule has 0 atom stereocenters. The molecule has 0 saturated carbocycles. The molecule has 0 radical (unpaired) electrons. The molecule has 0 bridgehead atoms. The summed E-state index contributed by atoms with van der Waals surface area (Å²) < 4.78 is 24.3. The molecular formula is C9H8N2O4S2. The number of hydrogen-bond acceptors (Lipinski definition) is 5. The number of sulfonamides is 1. The van der Waals surface area contributed by atoms with Crippen molar-refractivity contribution in [1.29, 1.82) is 0 Å². The molecule has 0 amide bonds. The quantitative estimate of drug-likeness (QED) is 0.879. The summed E-state index contributed by atoms with van der Waals surface area (Å²) in [5.41, 5.74) is 0.315. The maximum absolute atomic E-state index is 11.0. The van der Waals surface area contributed by atoms with E-state index in [0.717, 1.165) is 17.6 Å². The second-order valence-corrected chi connectivity index (χ2v) is 6.19. The van der Waals surface area contributed by atoms with Crippen molar-refractivity contribution in [3.05, 3.63) is 23.2 Å². The Balaban J connectivity index is 2.47. The van der Waals surface area contributed by atoms with Crippen LogP contribution in [0.15, 0.2) is 18.3 Å². The standard InChI is InChI=1S/C9H8N2O4S2/c1-17(14,15)11-6-2-5-3-7(9(12)13)16-8(5)10-4-6/h2-4,11H,1H3,(H,12,13). The van der Waals surface area contributed by atoms with Crippen molar-refractivity contribution in [2.24, 2.45) is 0 Å². The molecule has 0 aliphatic rings. The molecule has 0 spiro atoms. The second kappa shape index (κ2) is 3.97. The van der Waals surface area contributed by atoms with Crippen LogP contribution in [0.3, 0.4) is 0 Å². The molecule has 0 aliphatic carbocycles. The number of carbonyl (C=O) groups is 1. The van der Waals surface area contributed by atoms with Gasteiger partial charge in [0, 0.05) is 5.39 Å². The van der Waals surface area contributed by atoms with Gasteiger partial charge in [-0.05, 0) is 12.1 Å². The molecule has 0 fully saturated rings. The van der Waals surface area contributed by atoms with Crippen LogP contribution in [0.4, 0.5) is 5.69 Å². The van der Waals surface area contributed by atoms with Crippen LogP contribution < -0.4 is 4.72 Å². The van der Waals surface area contributed by atoms with Crippen molar-refractivity contribution in [3.63, 3.8) is 0 Å². The molecule has 2 aromatic rings. The number of thiophene rings is 1. The van der Waals surface area contributed by atoms with Crippen molar-refractivity contribution in [3.8, 4) is 0 Å². The Bertz CT molecular complexity index is 690. The van der Waals surface area contributed by atoms with Gasteiger partial charge in [-0.25, -0.2) is 18.2 Å². The first-order valence-electron chi connectivity index (χ1n) is 4.46. The molecule has 8 heteroatoms. The zero-order valence-electron chi connectivity index (χ0n) is 8.67. The number of hydrogen-bond donors (Lipinski definition) is 2. The smallest absolute Gasteiger partial charge is 0.345 e. The molecule has 0 aromatic carbocycles. The molecule has 2 rings (SSSR count). The normalized spacial score (nSPS) is 11.6. The van der Waals surface area contributed by atoms with Gasteiger partial charge in [-0.3, -0.25) is 4.72 Å². The zero-order chi connectivity index (χ0) is 12.6. The van der Waals surface area contributed by atoms with Gasteiger partial charge in [0.15, 0.2) is 0 Å². The Morgan fingerprint density at radius 1 is 1.47 bits per heavy atom. The fourth-order valence-corrected chi connectivity index (χ4v) is 2.67. The summed E-state index contributed by atoms with van der Waals surface area (Å²) in [7, 11) is -3.36. The third kappa shape index (κ3) is 2.71. The predicted molar refractivity (Wildman–Crippen MR) is 65.0 cm³/mol. The number of pyridine rings is 1. The number of aromatic nitrogens is 1. The molecule has 0 unspecified atom stereocenters. The van der Waals surface area contributed by atoms with Crippen molar-refractivity contribution < 1.29 is 18.3 Å². The van der Waals surface area contributed by atoms with Gasteiger partial charge in [-0.15, -0.1) is 11.3 Å². The summed E-state index contributed by atoms with van der Waals surface area (Å²) in [6.07, 6.45) is 2.39. The number of nitrogens with one attached hydrogen (secondary N) is 1. The molecular weight excluding hydrogens is 264 g/mol. The molecule has 6 nitrogen and oxygen atoms in total. The predicted octanol–water partition coefficient (Wildman–Crippen LogP) is 1.37. The number of fused-ring (bicyclic) bond motifs is 1. The topological polar surface area (TPSA) is 96.4 Å². The van der Waals surface area contributed by atoms with Gasteiger partial charge in [0.05, 0.1) is 18.1 Å². The number of carboxylic acid groups (broad SMARTS) is 1. The van der Waals surface area contributed by atoms with Crippen LogP contribution in [-0.2, 0) is 10.0 Å². The highest BCUT2D eigenvalue weighted by Crippen LogP contribution is 2.26. The maximum Gasteiger partial charge on any atom is 0.345 e. The lowest BCUT2D eigenvalue weighted by atomic mass is 10.3. The minimum Gasteiger partial charge on any atom is -0.477 e. The molecule has 2 N–H and O–H groups in total. The van der Waals surface area contributed by atoms with Gasteiger partial charge in [0.1, 0.15) is 9.71 Å². The number of carboxylic acids is 1. The Hall–Kier alpha value is -1.67. The molecule has 2 heterocycles. The Morgan fingerprint density at radius 3 is 2.76 bits per heavy atom.